The highest BCUT2D eigenvalue weighted by Gasteiger charge is 2.31. The van der Waals surface area contributed by atoms with Crippen LogP contribution in [-0.4, -0.2) is 34.1 Å². The molecular weight excluding hydrogens is 144 g/mol. The first kappa shape index (κ1) is 10.9. The highest BCUT2D eigenvalue weighted by molar-refractivity contribution is 4.81. The highest BCUT2D eigenvalue weighted by Crippen LogP contribution is 2.26. The average molecular weight is 162 g/mol. The van der Waals surface area contributed by atoms with Crippen LogP contribution in [0.2, 0.25) is 0 Å². The third-order valence-electron chi connectivity index (χ3n) is 2.26. The molecule has 0 spiro atoms. The van der Waals surface area contributed by atoms with Gasteiger partial charge in [-0.2, -0.15) is 0 Å². The highest BCUT2D eigenvalue weighted by atomic mass is 16.4. The second-order valence-corrected chi connectivity index (χ2v) is 3.54. The van der Waals surface area contributed by atoms with Crippen molar-refractivity contribution >= 4 is 0 Å². The van der Waals surface area contributed by atoms with Crippen molar-refractivity contribution in [1.82, 2.24) is 0 Å². The Morgan fingerprint density at radius 1 is 1.27 bits per heavy atom. The maximum Gasteiger partial charge on any atom is 0.103 e. The van der Waals surface area contributed by atoms with Gasteiger partial charge in [0, 0.05) is 0 Å². The van der Waals surface area contributed by atoms with E-state index >= 15 is 0 Å². The van der Waals surface area contributed by atoms with Crippen molar-refractivity contribution in [1.29, 1.82) is 0 Å². The molecule has 0 aromatic heterocycles. The molecule has 0 rings (SSSR count). The van der Waals surface area contributed by atoms with E-state index in [-0.39, 0.29) is 12.0 Å². The number of aliphatic hydroxyl groups excluding tert-OH is 3. The van der Waals surface area contributed by atoms with Gasteiger partial charge in [-0.15, -0.1) is 0 Å². The van der Waals surface area contributed by atoms with Gasteiger partial charge >= 0.3 is 0 Å². The molecule has 11 heavy (non-hydrogen) atoms. The molecule has 0 saturated heterocycles. The summed E-state index contributed by atoms with van der Waals surface area (Å²) in [4.78, 5) is 0. The molecule has 0 aromatic carbocycles. The quantitative estimate of drug-likeness (QED) is 0.551. The Morgan fingerprint density at radius 3 is 2.00 bits per heavy atom. The van der Waals surface area contributed by atoms with Gasteiger partial charge in [0.15, 0.2) is 0 Å². The first-order chi connectivity index (χ1) is 4.95. The van der Waals surface area contributed by atoms with Gasteiger partial charge in [0.2, 0.25) is 0 Å². The van der Waals surface area contributed by atoms with Crippen molar-refractivity contribution in [2.24, 2.45) is 5.41 Å². The molecule has 0 saturated carbocycles. The molecule has 0 amide bonds. The standard InChI is InChI=1S/C8H18O3/c1-4-8(2,3)7(11)6(10)5-9/h6-7,9-11H,4-5H2,1-3H3. The van der Waals surface area contributed by atoms with Crippen LogP contribution in [0.3, 0.4) is 0 Å². The van der Waals surface area contributed by atoms with Crippen molar-refractivity contribution in [3.8, 4) is 0 Å². The fraction of sp³-hybridized carbons (Fsp3) is 1.00. The van der Waals surface area contributed by atoms with Gasteiger partial charge in [0.1, 0.15) is 6.10 Å². The Morgan fingerprint density at radius 2 is 1.73 bits per heavy atom. The SMILES string of the molecule is CCC(C)(C)C(O)C(O)CO. The van der Waals surface area contributed by atoms with Gasteiger partial charge in [0.05, 0.1) is 12.7 Å². The number of aliphatic hydroxyl groups is 3. The maximum atomic E-state index is 9.44. The van der Waals surface area contributed by atoms with E-state index in [4.69, 9.17) is 10.2 Å². The first-order valence-corrected chi connectivity index (χ1v) is 3.92. The van der Waals surface area contributed by atoms with E-state index in [0.717, 1.165) is 6.42 Å². The van der Waals surface area contributed by atoms with Crippen LogP contribution in [0.4, 0.5) is 0 Å². The lowest BCUT2D eigenvalue weighted by Crippen LogP contribution is -2.41. The van der Waals surface area contributed by atoms with E-state index in [0.29, 0.717) is 0 Å². The zero-order valence-electron chi connectivity index (χ0n) is 7.41. The molecule has 2 atom stereocenters. The van der Waals surface area contributed by atoms with Crippen LogP contribution in [0, 0.1) is 5.41 Å². The van der Waals surface area contributed by atoms with E-state index in [9.17, 15) is 5.11 Å². The summed E-state index contributed by atoms with van der Waals surface area (Å²) in [5.74, 6) is 0. The normalized spacial score (nSPS) is 18.0. The predicted octanol–water partition coefficient (Wildman–Crippen LogP) is 0.137. The summed E-state index contributed by atoms with van der Waals surface area (Å²) >= 11 is 0. The molecule has 0 aromatic rings. The van der Waals surface area contributed by atoms with Gasteiger partial charge in [-0.3, -0.25) is 0 Å². The van der Waals surface area contributed by atoms with Crippen LogP contribution in [0.25, 0.3) is 0 Å². The van der Waals surface area contributed by atoms with Gasteiger partial charge in [0.25, 0.3) is 0 Å². The second-order valence-electron chi connectivity index (χ2n) is 3.54. The molecule has 0 aliphatic carbocycles. The summed E-state index contributed by atoms with van der Waals surface area (Å²) < 4.78 is 0. The zero-order valence-corrected chi connectivity index (χ0v) is 7.41. The minimum absolute atomic E-state index is 0.331. The lowest BCUT2D eigenvalue weighted by Gasteiger charge is -2.31. The Hall–Kier alpha value is -0.120. The van der Waals surface area contributed by atoms with E-state index in [2.05, 4.69) is 0 Å². The largest absolute Gasteiger partial charge is 0.394 e. The van der Waals surface area contributed by atoms with Crippen molar-refractivity contribution in [3.05, 3.63) is 0 Å². The third-order valence-corrected chi connectivity index (χ3v) is 2.26. The molecule has 0 radical (unpaired) electrons. The molecule has 3 heteroatoms. The molecule has 3 nitrogen and oxygen atoms in total. The molecule has 2 unspecified atom stereocenters. The van der Waals surface area contributed by atoms with Crippen molar-refractivity contribution in [3.63, 3.8) is 0 Å². The minimum atomic E-state index is -1.02. The molecule has 3 N–H and O–H groups in total. The fourth-order valence-corrected chi connectivity index (χ4v) is 0.830. The summed E-state index contributed by atoms with van der Waals surface area (Å²) in [6.07, 6.45) is -1.10. The van der Waals surface area contributed by atoms with E-state index < -0.39 is 12.2 Å². The monoisotopic (exact) mass is 162 g/mol. The molecule has 0 aliphatic heterocycles. The van der Waals surface area contributed by atoms with Crippen LogP contribution < -0.4 is 0 Å². The van der Waals surface area contributed by atoms with E-state index in [1.165, 1.54) is 0 Å². The number of hydrogen-bond acceptors (Lipinski definition) is 3. The Bertz CT molecular complexity index is 112. The molecule has 0 aliphatic rings. The van der Waals surface area contributed by atoms with Crippen LogP contribution in [0.1, 0.15) is 27.2 Å². The zero-order chi connectivity index (χ0) is 9.07. The molecule has 68 valence electrons. The van der Waals surface area contributed by atoms with Crippen LogP contribution in [0.15, 0.2) is 0 Å². The number of rotatable bonds is 4. The first-order valence-electron chi connectivity index (χ1n) is 3.92. The summed E-state index contributed by atoms with van der Waals surface area (Å²) in [7, 11) is 0. The van der Waals surface area contributed by atoms with Crippen molar-refractivity contribution in [2.75, 3.05) is 6.61 Å². The number of hydrogen-bond donors (Lipinski definition) is 3. The Labute approximate surface area is 67.7 Å². The van der Waals surface area contributed by atoms with Gasteiger partial charge in [-0.1, -0.05) is 20.8 Å². The van der Waals surface area contributed by atoms with Gasteiger partial charge < -0.3 is 15.3 Å². The third kappa shape index (κ3) is 2.77. The molecule has 0 heterocycles. The average Bonchev–Trinajstić information content (AvgIpc) is 2.01. The summed E-state index contributed by atoms with van der Waals surface area (Å²) in [6.45, 7) is 5.27. The smallest absolute Gasteiger partial charge is 0.103 e. The van der Waals surface area contributed by atoms with Gasteiger partial charge in [-0.25, -0.2) is 0 Å². The lowest BCUT2D eigenvalue weighted by molar-refractivity contribution is -0.0725. The van der Waals surface area contributed by atoms with Crippen molar-refractivity contribution in [2.45, 2.75) is 39.4 Å². The van der Waals surface area contributed by atoms with Gasteiger partial charge in [-0.05, 0) is 11.8 Å². The summed E-state index contributed by atoms with van der Waals surface area (Å²) in [5, 5.41) is 27.1. The maximum absolute atomic E-state index is 9.44. The summed E-state index contributed by atoms with van der Waals surface area (Å²) in [5.41, 5.74) is -0.331. The topological polar surface area (TPSA) is 60.7 Å². The van der Waals surface area contributed by atoms with Crippen LogP contribution >= 0.6 is 0 Å². The Balaban J connectivity index is 4.10. The van der Waals surface area contributed by atoms with Crippen LogP contribution in [-0.2, 0) is 0 Å². The minimum Gasteiger partial charge on any atom is -0.394 e. The van der Waals surface area contributed by atoms with E-state index in [1.807, 2.05) is 20.8 Å². The van der Waals surface area contributed by atoms with Crippen LogP contribution in [0.5, 0.6) is 0 Å². The molecule has 0 fully saturated rings. The second kappa shape index (κ2) is 4.04. The van der Waals surface area contributed by atoms with E-state index in [1.54, 1.807) is 0 Å². The summed E-state index contributed by atoms with van der Waals surface area (Å²) in [6, 6.07) is 0. The predicted molar refractivity (Wildman–Crippen MR) is 43.2 cm³/mol. The fourth-order valence-electron chi connectivity index (χ4n) is 0.830. The Kier molecular flexibility index (Phi) is 4.00. The molecule has 0 bridgehead atoms. The van der Waals surface area contributed by atoms with Crippen molar-refractivity contribution < 1.29 is 15.3 Å². The lowest BCUT2D eigenvalue weighted by atomic mass is 9.81. The molecular formula is C8H18O3.